The van der Waals surface area contributed by atoms with E-state index in [1.165, 1.54) is 14.2 Å². The minimum atomic E-state index is -0.560. The van der Waals surface area contributed by atoms with Crippen LogP contribution >= 0.6 is 34.8 Å². The standard InChI is InChI=1S/C16H13Cl3N2O3/c1-20-16(22)21-15(23-2)11-8-10(4-5-12(11)18)24-14-6-3-9(17)7-13(14)19/h3-8H,1-2H3,(H,20,22). The Kier molecular flexibility index (Phi) is 6.31. The maximum atomic E-state index is 11.4. The van der Waals surface area contributed by atoms with Gasteiger partial charge >= 0.3 is 6.03 Å². The van der Waals surface area contributed by atoms with Crippen molar-refractivity contribution >= 4 is 46.7 Å². The number of carbonyl (C=O) groups excluding carboxylic acids is 1. The fraction of sp³-hybridized carbons (Fsp3) is 0.125. The van der Waals surface area contributed by atoms with Crippen LogP contribution in [0.1, 0.15) is 5.56 Å². The molecule has 0 aliphatic heterocycles. The van der Waals surface area contributed by atoms with Gasteiger partial charge in [-0.1, -0.05) is 34.8 Å². The molecule has 1 N–H and O–H groups in total. The molecule has 2 rings (SSSR count). The van der Waals surface area contributed by atoms with Gasteiger partial charge in [-0.3, -0.25) is 0 Å². The Bertz CT molecular complexity index is 794. The number of methoxy groups -OCH3 is 1. The molecule has 0 atom stereocenters. The minimum Gasteiger partial charge on any atom is -0.480 e. The summed E-state index contributed by atoms with van der Waals surface area (Å²) >= 11 is 18.1. The maximum absolute atomic E-state index is 11.4. The van der Waals surface area contributed by atoms with E-state index in [2.05, 4.69) is 10.3 Å². The number of hydrogen-bond acceptors (Lipinski definition) is 3. The highest BCUT2D eigenvalue weighted by Crippen LogP contribution is 2.33. The second-order valence-corrected chi connectivity index (χ2v) is 5.75. The topological polar surface area (TPSA) is 59.9 Å². The molecule has 0 aliphatic rings. The molecule has 0 saturated carbocycles. The highest BCUT2D eigenvalue weighted by molar-refractivity contribution is 6.35. The number of ether oxygens (including phenoxy) is 2. The second-order valence-electron chi connectivity index (χ2n) is 4.49. The molecule has 2 amide bonds. The number of nitrogens with one attached hydrogen (secondary N) is 1. The van der Waals surface area contributed by atoms with E-state index in [9.17, 15) is 4.79 Å². The molecule has 0 bridgehead atoms. The fourth-order valence-corrected chi connectivity index (χ4v) is 2.43. The van der Waals surface area contributed by atoms with Gasteiger partial charge in [-0.05, 0) is 36.4 Å². The molecule has 0 saturated heterocycles. The third-order valence-electron chi connectivity index (χ3n) is 2.90. The van der Waals surface area contributed by atoms with Gasteiger partial charge in [0, 0.05) is 12.1 Å². The molecule has 2 aromatic carbocycles. The number of hydrogen-bond donors (Lipinski definition) is 1. The smallest absolute Gasteiger partial charge is 0.343 e. The first-order valence-electron chi connectivity index (χ1n) is 6.71. The molecular weight excluding hydrogens is 375 g/mol. The van der Waals surface area contributed by atoms with Crippen LogP contribution in [-0.4, -0.2) is 26.1 Å². The number of halogens is 3. The molecule has 126 valence electrons. The average molecular weight is 388 g/mol. The van der Waals surface area contributed by atoms with Crippen LogP contribution in [0, 0.1) is 0 Å². The fourth-order valence-electron chi connectivity index (χ4n) is 1.78. The molecule has 0 fully saturated rings. The van der Waals surface area contributed by atoms with Crippen LogP contribution in [0.2, 0.25) is 15.1 Å². The molecule has 5 nitrogen and oxygen atoms in total. The van der Waals surface area contributed by atoms with Crippen LogP contribution in [0.5, 0.6) is 11.5 Å². The van der Waals surface area contributed by atoms with Crippen LogP contribution < -0.4 is 10.1 Å². The predicted molar refractivity (Wildman–Crippen MR) is 96.0 cm³/mol. The summed E-state index contributed by atoms with van der Waals surface area (Å²) in [5, 5.41) is 3.60. The molecule has 2 aromatic rings. The van der Waals surface area contributed by atoms with Crippen LogP contribution in [0.4, 0.5) is 4.79 Å². The van der Waals surface area contributed by atoms with Crippen molar-refractivity contribution in [1.29, 1.82) is 0 Å². The molecule has 0 spiro atoms. The van der Waals surface area contributed by atoms with Gasteiger partial charge in [0.2, 0.25) is 5.90 Å². The lowest BCUT2D eigenvalue weighted by Gasteiger charge is -2.11. The van der Waals surface area contributed by atoms with E-state index in [1.807, 2.05) is 0 Å². The van der Waals surface area contributed by atoms with Crippen molar-refractivity contribution in [2.24, 2.45) is 4.99 Å². The molecule has 8 heteroatoms. The summed E-state index contributed by atoms with van der Waals surface area (Å²) in [4.78, 5) is 15.2. The molecule has 0 aliphatic carbocycles. The van der Waals surface area contributed by atoms with E-state index in [1.54, 1.807) is 36.4 Å². The highest BCUT2D eigenvalue weighted by Gasteiger charge is 2.13. The SMILES string of the molecule is CNC(=O)N=C(OC)c1cc(Oc2ccc(Cl)cc2Cl)ccc1Cl. The first-order chi connectivity index (χ1) is 11.4. The largest absolute Gasteiger partial charge is 0.480 e. The summed E-state index contributed by atoms with van der Waals surface area (Å²) in [5.74, 6) is 0.934. The van der Waals surface area contributed by atoms with Gasteiger partial charge in [-0.2, -0.15) is 4.99 Å². The normalized spacial score (nSPS) is 11.1. The number of benzene rings is 2. The van der Waals surface area contributed by atoms with Crippen molar-refractivity contribution in [3.63, 3.8) is 0 Å². The van der Waals surface area contributed by atoms with Crippen molar-refractivity contribution in [3.8, 4) is 11.5 Å². The van der Waals surface area contributed by atoms with Crippen molar-refractivity contribution in [2.75, 3.05) is 14.2 Å². The van der Waals surface area contributed by atoms with Gasteiger partial charge in [0.05, 0.1) is 22.7 Å². The number of aliphatic imine (C=N–C) groups is 1. The van der Waals surface area contributed by atoms with E-state index in [4.69, 9.17) is 44.3 Å². The minimum absolute atomic E-state index is 0.0620. The predicted octanol–water partition coefficient (Wildman–Crippen LogP) is 5.17. The van der Waals surface area contributed by atoms with Gasteiger partial charge in [0.15, 0.2) is 0 Å². The van der Waals surface area contributed by atoms with Crippen molar-refractivity contribution in [3.05, 3.63) is 57.0 Å². The van der Waals surface area contributed by atoms with Gasteiger partial charge < -0.3 is 14.8 Å². The van der Waals surface area contributed by atoms with Crippen LogP contribution in [0.3, 0.4) is 0 Å². The molecule has 0 unspecified atom stereocenters. The van der Waals surface area contributed by atoms with Crippen LogP contribution in [-0.2, 0) is 4.74 Å². The summed E-state index contributed by atoms with van der Waals surface area (Å²) in [7, 11) is 2.85. The van der Waals surface area contributed by atoms with Gasteiger partial charge in [0.1, 0.15) is 11.5 Å². The average Bonchev–Trinajstić information content (AvgIpc) is 2.56. The van der Waals surface area contributed by atoms with Gasteiger partial charge in [-0.15, -0.1) is 0 Å². The van der Waals surface area contributed by atoms with Crippen molar-refractivity contribution < 1.29 is 14.3 Å². The molecule has 0 radical (unpaired) electrons. The zero-order valence-electron chi connectivity index (χ0n) is 12.8. The van der Waals surface area contributed by atoms with Gasteiger partial charge in [0.25, 0.3) is 0 Å². The summed E-state index contributed by atoms with van der Waals surface area (Å²) < 4.78 is 10.9. The van der Waals surface area contributed by atoms with E-state index >= 15 is 0 Å². The third kappa shape index (κ3) is 4.54. The number of rotatable bonds is 3. The lowest BCUT2D eigenvalue weighted by atomic mass is 10.2. The van der Waals surface area contributed by atoms with E-state index in [0.29, 0.717) is 32.1 Å². The monoisotopic (exact) mass is 386 g/mol. The Hall–Kier alpha value is -1.95. The Morgan fingerprint density at radius 2 is 1.83 bits per heavy atom. The molecule has 0 heterocycles. The summed E-state index contributed by atoms with van der Waals surface area (Å²) in [6, 6.07) is 9.18. The Morgan fingerprint density at radius 3 is 2.46 bits per heavy atom. The van der Waals surface area contributed by atoms with Crippen LogP contribution in [0.25, 0.3) is 0 Å². The second kappa shape index (κ2) is 8.24. The zero-order chi connectivity index (χ0) is 17.7. The Labute approximate surface area is 154 Å². The number of urea groups is 1. The van der Waals surface area contributed by atoms with E-state index in [0.717, 1.165) is 0 Å². The molecule has 24 heavy (non-hydrogen) atoms. The first kappa shape index (κ1) is 18.4. The van der Waals surface area contributed by atoms with Crippen LogP contribution in [0.15, 0.2) is 41.4 Å². The third-order valence-corrected chi connectivity index (χ3v) is 3.76. The Morgan fingerprint density at radius 1 is 1.08 bits per heavy atom. The summed E-state index contributed by atoms with van der Waals surface area (Å²) in [6.07, 6.45) is 0. The van der Waals surface area contributed by atoms with Crippen molar-refractivity contribution in [2.45, 2.75) is 0 Å². The Balaban J connectivity index is 2.37. The molecule has 0 aromatic heterocycles. The van der Waals surface area contributed by atoms with Gasteiger partial charge in [-0.25, -0.2) is 4.79 Å². The quantitative estimate of drug-likeness (QED) is 0.583. The summed E-state index contributed by atoms with van der Waals surface area (Å²) in [5.41, 5.74) is 0.408. The molecular formula is C16H13Cl3N2O3. The van der Waals surface area contributed by atoms with E-state index in [-0.39, 0.29) is 5.90 Å². The number of carbonyl (C=O) groups is 1. The highest BCUT2D eigenvalue weighted by atomic mass is 35.5. The first-order valence-corrected chi connectivity index (χ1v) is 7.85. The lowest BCUT2D eigenvalue weighted by Crippen LogP contribution is -2.17. The lowest BCUT2D eigenvalue weighted by molar-refractivity contribution is 0.250. The maximum Gasteiger partial charge on any atom is 0.343 e. The number of amides is 2. The number of nitrogens with zero attached hydrogens (tertiary/aromatic N) is 1. The summed E-state index contributed by atoms with van der Waals surface area (Å²) in [6.45, 7) is 0. The van der Waals surface area contributed by atoms with Crippen molar-refractivity contribution in [1.82, 2.24) is 5.32 Å². The zero-order valence-corrected chi connectivity index (χ0v) is 15.0. The van der Waals surface area contributed by atoms with E-state index < -0.39 is 6.03 Å².